The number of piperidine rings is 1. The molecule has 1 atom stereocenters. The van der Waals surface area contributed by atoms with E-state index in [1.54, 1.807) is 29.5 Å². The van der Waals surface area contributed by atoms with Gasteiger partial charge in [-0.15, -0.1) is 0 Å². The summed E-state index contributed by atoms with van der Waals surface area (Å²) >= 11 is 0. The minimum absolute atomic E-state index is 0.171. The SMILES string of the molecule is O=C(NCC1CCCCN1C1CC1)Nc1cnn(-c2ccncc2)c1. The van der Waals surface area contributed by atoms with Gasteiger partial charge in [-0.1, -0.05) is 6.42 Å². The Morgan fingerprint density at radius 3 is 2.84 bits per heavy atom. The molecule has 0 aromatic carbocycles. The quantitative estimate of drug-likeness (QED) is 0.876. The Kier molecular flexibility index (Phi) is 4.65. The molecule has 0 spiro atoms. The van der Waals surface area contributed by atoms with Gasteiger partial charge in [-0.05, 0) is 44.4 Å². The second-order valence-electron chi connectivity index (χ2n) is 6.83. The fourth-order valence-electron chi connectivity index (χ4n) is 3.54. The first-order valence-corrected chi connectivity index (χ1v) is 9.05. The number of carbonyl (C=O) groups excluding carboxylic acids is 1. The van der Waals surface area contributed by atoms with Gasteiger partial charge in [0.1, 0.15) is 0 Å². The van der Waals surface area contributed by atoms with E-state index >= 15 is 0 Å². The molecule has 3 heterocycles. The molecule has 1 aliphatic carbocycles. The van der Waals surface area contributed by atoms with Crippen molar-refractivity contribution in [3.05, 3.63) is 36.9 Å². The van der Waals surface area contributed by atoms with Crippen LogP contribution in [0.4, 0.5) is 10.5 Å². The highest BCUT2D eigenvalue weighted by Gasteiger charge is 2.35. The standard InChI is InChI=1S/C18H24N6O/c25-18(20-12-17-3-1-2-10-23(17)15-4-5-15)22-14-11-21-24(13-14)16-6-8-19-9-7-16/h6-9,11,13,15,17H,1-5,10,12H2,(H2,20,22,25). The van der Waals surface area contributed by atoms with E-state index in [0.717, 1.165) is 11.7 Å². The second-order valence-corrected chi connectivity index (χ2v) is 6.83. The average Bonchev–Trinajstić information content (AvgIpc) is 3.40. The Hall–Kier alpha value is -2.41. The lowest BCUT2D eigenvalue weighted by atomic mass is 10.0. The van der Waals surface area contributed by atoms with Crippen LogP contribution in [-0.4, -0.2) is 50.9 Å². The van der Waals surface area contributed by atoms with Crippen LogP contribution < -0.4 is 10.6 Å². The highest BCUT2D eigenvalue weighted by atomic mass is 16.2. The van der Waals surface area contributed by atoms with Gasteiger partial charge in [0.25, 0.3) is 0 Å². The van der Waals surface area contributed by atoms with Crippen molar-refractivity contribution in [2.75, 3.05) is 18.4 Å². The molecule has 2 aromatic heterocycles. The summed E-state index contributed by atoms with van der Waals surface area (Å²) in [6, 6.07) is 4.80. The molecule has 132 valence electrons. The normalized spacial score (nSPS) is 21.0. The Morgan fingerprint density at radius 2 is 2.04 bits per heavy atom. The highest BCUT2D eigenvalue weighted by Crippen LogP contribution is 2.32. The number of amides is 2. The third kappa shape index (κ3) is 3.99. The predicted molar refractivity (Wildman–Crippen MR) is 95.7 cm³/mol. The Balaban J connectivity index is 1.29. The zero-order chi connectivity index (χ0) is 17.1. The summed E-state index contributed by atoms with van der Waals surface area (Å²) in [6.07, 6.45) is 13.2. The number of likely N-dealkylation sites (tertiary alicyclic amines) is 1. The topological polar surface area (TPSA) is 75.1 Å². The molecular formula is C18H24N6O. The molecule has 1 unspecified atom stereocenters. The summed E-state index contributed by atoms with van der Waals surface area (Å²) in [4.78, 5) is 18.8. The van der Waals surface area contributed by atoms with E-state index < -0.39 is 0 Å². The first-order chi connectivity index (χ1) is 12.3. The first-order valence-electron chi connectivity index (χ1n) is 9.05. The van der Waals surface area contributed by atoms with Crippen LogP contribution in [0.5, 0.6) is 0 Å². The van der Waals surface area contributed by atoms with Gasteiger partial charge in [-0.2, -0.15) is 5.10 Å². The summed E-state index contributed by atoms with van der Waals surface area (Å²) in [6.45, 7) is 1.89. The number of urea groups is 1. The van der Waals surface area contributed by atoms with Crippen LogP contribution in [0, 0.1) is 0 Å². The zero-order valence-electron chi connectivity index (χ0n) is 14.3. The van der Waals surface area contributed by atoms with Crippen LogP contribution in [0.15, 0.2) is 36.9 Å². The molecule has 2 amide bonds. The predicted octanol–water partition coefficient (Wildman–Crippen LogP) is 2.41. The Labute approximate surface area is 147 Å². The Morgan fingerprint density at radius 1 is 1.20 bits per heavy atom. The summed E-state index contributed by atoms with van der Waals surface area (Å²) in [5.74, 6) is 0. The van der Waals surface area contributed by atoms with Gasteiger partial charge >= 0.3 is 6.03 Å². The zero-order valence-corrected chi connectivity index (χ0v) is 14.3. The molecular weight excluding hydrogens is 316 g/mol. The highest BCUT2D eigenvalue weighted by molar-refractivity contribution is 5.88. The molecule has 2 aliphatic rings. The molecule has 1 saturated heterocycles. The number of hydrogen-bond donors (Lipinski definition) is 2. The molecule has 4 rings (SSSR count). The van der Waals surface area contributed by atoms with E-state index in [4.69, 9.17) is 0 Å². The maximum atomic E-state index is 12.2. The molecule has 2 fully saturated rings. The van der Waals surface area contributed by atoms with Crippen LogP contribution in [0.3, 0.4) is 0 Å². The largest absolute Gasteiger partial charge is 0.336 e. The number of carbonyl (C=O) groups is 1. The van der Waals surface area contributed by atoms with E-state index in [-0.39, 0.29) is 6.03 Å². The maximum Gasteiger partial charge on any atom is 0.319 e. The number of nitrogens with zero attached hydrogens (tertiary/aromatic N) is 4. The number of pyridine rings is 1. The lowest BCUT2D eigenvalue weighted by Gasteiger charge is -2.35. The van der Waals surface area contributed by atoms with E-state index in [2.05, 4.69) is 25.6 Å². The Bertz CT molecular complexity index is 711. The van der Waals surface area contributed by atoms with E-state index in [1.165, 1.54) is 38.6 Å². The van der Waals surface area contributed by atoms with Crippen molar-refractivity contribution in [2.45, 2.75) is 44.2 Å². The van der Waals surface area contributed by atoms with Crippen molar-refractivity contribution in [1.82, 2.24) is 25.0 Å². The number of hydrogen-bond acceptors (Lipinski definition) is 4. The maximum absolute atomic E-state index is 12.2. The molecule has 1 aliphatic heterocycles. The molecule has 7 heteroatoms. The fourth-order valence-corrected chi connectivity index (χ4v) is 3.54. The minimum Gasteiger partial charge on any atom is -0.336 e. The fraction of sp³-hybridized carbons (Fsp3) is 0.500. The molecule has 2 aromatic rings. The van der Waals surface area contributed by atoms with Crippen molar-refractivity contribution in [1.29, 1.82) is 0 Å². The smallest absolute Gasteiger partial charge is 0.319 e. The van der Waals surface area contributed by atoms with Crippen LogP contribution >= 0.6 is 0 Å². The van der Waals surface area contributed by atoms with Gasteiger partial charge in [-0.25, -0.2) is 9.48 Å². The second kappa shape index (κ2) is 7.23. The summed E-state index contributed by atoms with van der Waals surface area (Å²) < 4.78 is 1.72. The van der Waals surface area contributed by atoms with Gasteiger partial charge in [0, 0.05) is 31.0 Å². The lowest BCUT2D eigenvalue weighted by molar-refractivity contribution is 0.138. The monoisotopic (exact) mass is 340 g/mol. The molecule has 2 N–H and O–H groups in total. The van der Waals surface area contributed by atoms with E-state index in [1.807, 2.05) is 12.1 Å². The molecule has 0 radical (unpaired) electrons. The molecule has 0 bridgehead atoms. The third-order valence-corrected chi connectivity index (χ3v) is 4.95. The number of anilines is 1. The van der Waals surface area contributed by atoms with Crippen molar-refractivity contribution in [2.24, 2.45) is 0 Å². The minimum atomic E-state index is -0.171. The summed E-state index contributed by atoms with van der Waals surface area (Å²) in [7, 11) is 0. The van der Waals surface area contributed by atoms with Crippen LogP contribution in [0.1, 0.15) is 32.1 Å². The number of aromatic nitrogens is 3. The van der Waals surface area contributed by atoms with Crippen LogP contribution in [0.25, 0.3) is 5.69 Å². The van der Waals surface area contributed by atoms with Crippen molar-refractivity contribution in [3.63, 3.8) is 0 Å². The van der Waals surface area contributed by atoms with Gasteiger partial charge in [0.15, 0.2) is 0 Å². The van der Waals surface area contributed by atoms with Crippen LogP contribution in [0.2, 0.25) is 0 Å². The molecule has 1 saturated carbocycles. The number of rotatable bonds is 5. The van der Waals surface area contributed by atoms with E-state index in [9.17, 15) is 4.79 Å². The first kappa shape index (κ1) is 16.1. The third-order valence-electron chi connectivity index (χ3n) is 4.95. The number of nitrogens with one attached hydrogen (secondary N) is 2. The summed E-state index contributed by atoms with van der Waals surface area (Å²) in [5.41, 5.74) is 1.59. The summed E-state index contributed by atoms with van der Waals surface area (Å²) in [5, 5.41) is 10.2. The molecule has 25 heavy (non-hydrogen) atoms. The van der Waals surface area contributed by atoms with Crippen molar-refractivity contribution in [3.8, 4) is 5.69 Å². The van der Waals surface area contributed by atoms with Gasteiger partial charge in [0.2, 0.25) is 0 Å². The molecule has 7 nitrogen and oxygen atoms in total. The van der Waals surface area contributed by atoms with E-state index in [0.29, 0.717) is 18.3 Å². The van der Waals surface area contributed by atoms with Gasteiger partial charge < -0.3 is 10.6 Å². The van der Waals surface area contributed by atoms with Gasteiger partial charge in [0.05, 0.1) is 23.8 Å². The lowest BCUT2D eigenvalue weighted by Crippen LogP contribution is -2.48. The van der Waals surface area contributed by atoms with Gasteiger partial charge in [-0.3, -0.25) is 9.88 Å². The van der Waals surface area contributed by atoms with Crippen molar-refractivity contribution < 1.29 is 4.79 Å². The van der Waals surface area contributed by atoms with Crippen molar-refractivity contribution >= 4 is 11.7 Å². The average molecular weight is 340 g/mol. The van der Waals surface area contributed by atoms with Crippen LogP contribution in [-0.2, 0) is 0 Å².